The molecule has 0 saturated heterocycles. The molecule has 0 aliphatic carbocycles. The summed E-state index contributed by atoms with van der Waals surface area (Å²) in [5, 5.41) is 0.887. The van der Waals surface area contributed by atoms with Gasteiger partial charge in [0.05, 0.1) is 11.3 Å². The van der Waals surface area contributed by atoms with Crippen LogP contribution in [0.2, 0.25) is 0 Å². The third kappa shape index (κ3) is 3.56. The molecule has 5 nitrogen and oxygen atoms in total. The number of fused-ring (bicyclic) bond motifs is 1. The second-order valence-corrected chi connectivity index (χ2v) is 6.74. The third-order valence-corrected chi connectivity index (χ3v) is 4.97. The first kappa shape index (κ1) is 18.0. The number of hydrogen-bond acceptors (Lipinski definition) is 4. The molecule has 0 fully saturated rings. The normalized spacial score (nSPS) is 11.1. The van der Waals surface area contributed by atoms with E-state index in [0.717, 1.165) is 35.6 Å². The maximum atomic E-state index is 12.6. The van der Waals surface area contributed by atoms with Crippen molar-refractivity contribution < 1.29 is 4.42 Å². The van der Waals surface area contributed by atoms with E-state index in [1.807, 2.05) is 36.4 Å². The first-order chi connectivity index (χ1) is 13.7. The molecule has 0 aliphatic heterocycles. The summed E-state index contributed by atoms with van der Waals surface area (Å²) < 4.78 is 5.62. The van der Waals surface area contributed by atoms with E-state index in [9.17, 15) is 4.79 Å². The lowest BCUT2D eigenvalue weighted by atomic mass is 10.1. The zero-order valence-corrected chi connectivity index (χ0v) is 16.1. The molecule has 0 unspecified atom stereocenters. The Bertz CT molecular complexity index is 1140. The molecule has 0 amide bonds. The molecule has 28 heavy (non-hydrogen) atoms. The lowest BCUT2D eigenvalue weighted by molar-refractivity contribution is 0.563. The lowest BCUT2D eigenvalue weighted by Gasteiger charge is -2.20. The molecule has 0 saturated carbocycles. The molecule has 2 aromatic heterocycles. The van der Waals surface area contributed by atoms with Crippen molar-refractivity contribution in [2.24, 2.45) is 0 Å². The van der Waals surface area contributed by atoms with Crippen LogP contribution in [0.3, 0.4) is 0 Å². The predicted molar refractivity (Wildman–Crippen MR) is 113 cm³/mol. The van der Waals surface area contributed by atoms with Gasteiger partial charge >= 0.3 is 5.63 Å². The maximum absolute atomic E-state index is 12.6. The number of benzene rings is 2. The number of aromatic amines is 1. The fraction of sp³-hybridized carbons (Fsp3) is 0.217. The summed E-state index contributed by atoms with van der Waals surface area (Å²) >= 11 is 0. The van der Waals surface area contributed by atoms with Crippen LogP contribution in [0.5, 0.6) is 0 Å². The van der Waals surface area contributed by atoms with Gasteiger partial charge in [-0.2, -0.15) is 0 Å². The molecule has 5 heteroatoms. The molecule has 0 aliphatic rings. The van der Waals surface area contributed by atoms with Gasteiger partial charge in [-0.15, -0.1) is 0 Å². The minimum Gasteiger partial charge on any atom is -0.422 e. The molecule has 0 bridgehead atoms. The molecule has 4 aromatic rings. The Kier molecular flexibility index (Phi) is 4.98. The summed E-state index contributed by atoms with van der Waals surface area (Å²) in [7, 11) is 0. The fourth-order valence-corrected chi connectivity index (χ4v) is 3.44. The van der Waals surface area contributed by atoms with Gasteiger partial charge in [0.15, 0.2) is 0 Å². The molecule has 142 valence electrons. The standard InChI is InChI=1S/C23H23N3O2/c1-3-26(4-2)18-11-10-17-13-19(23(27)28-21(17)14-18)20-15-24-22(25-20)12-16-8-6-5-7-9-16/h5-11,13-15H,3-4,12H2,1-2H3,(H,24,25). The van der Waals surface area contributed by atoms with Crippen molar-refractivity contribution in [1.29, 1.82) is 0 Å². The Morgan fingerprint density at radius 3 is 2.57 bits per heavy atom. The molecular weight excluding hydrogens is 350 g/mol. The molecular formula is C23H23N3O2. The summed E-state index contributed by atoms with van der Waals surface area (Å²) in [4.78, 5) is 22.6. The molecule has 0 radical (unpaired) electrons. The topological polar surface area (TPSA) is 62.1 Å². The van der Waals surface area contributed by atoms with Gasteiger partial charge in [0.1, 0.15) is 11.4 Å². The fourth-order valence-electron chi connectivity index (χ4n) is 3.44. The number of rotatable bonds is 6. The minimum absolute atomic E-state index is 0.373. The van der Waals surface area contributed by atoms with Gasteiger partial charge in [-0.3, -0.25) is 0 Å². The molecule has 2 heterocycles. The van der Waals surface area contributed by atoms with E-state index in [4.69, 9.17) is 4.42 Å². The first-order valence-electron chi connectivity index (χ1n) is 9.59. The second-order valence-electron chi connectivity index (χ2n) is 6.74. The minimum atomic E-state index is -0.373. The van der Waals surface area contributed by atoms with Gasteiger partial charge in [0.2, 0.25) is 0 Å². The van der Waals surface area contributed by atoms with Gasteiger partial charge in [0.25, 0.3) is 0 Å². The van der Waals surface area contributed by atoms with E-state index in [0.29, 0.717) is 23.3 Å². The summed E-state index contributed by atoms with van der Waals surface area (Å²) in [5.74, 6) is 0.817. The van der Waals surface area contributed by atoms with Crippen LogP contribution >= 0.6 is 0 Å². The molecule has 0 atom stereocenters. The number of hydrogen-bond donors (Lipinski definition) is 1. The highest BCUT2D eigenvalue weighted by atomic mass is 16.4. The van der Waals surface area contributed by atoms with Gasteiger partial charge in [-0.05, 0) is 37.6 Å². The highest BCUT2D eigenvalue weighted by Gasteiger charge is 2.13. The number of aromatic nitrogens is 2. The number of nitrogens with zero attached hydrogens (tertiary/aromatic N) is 2. The Morgan fingerprint density at radius 1 is 1.04 bits per heavy atom. The highest BCUT2D eigenvalue weighted by molar-refractivity contribution is 5.84. The average molecular weight is 373 g/mol. The summed E-state index contributed by atoms with van der Waals surface area (Å²) in [6.45, 7) is 6.03. The number of H-pyrrole nitrogens is 1. The van der Waals surface area contributed by atoms with Gasteiger partial charge in [-0.1, -0.05) is 30.3 Å². The quantitative estimate of drug-likeness (QED) is 0.501. The van der Waals surface area contributed by atoms with E-state index >= 15 is 0 Å². The summed E-state index contributed by atoms with van der Waals surface area (Å²) in [6.07, 6.45) is 2.45. The van der Waals surface area contributed by atoms with Crippen LogP contribution in [0.15, 0.2) is 70.0 Å². The van der Waals surface area contributed by atoms with E-state index < -0.39 is 0 Å². The van der Waals surface area contributed by atoms with Gasteiger partial charge < -0.3 is 14.3 Å². The van der Waals surface area contributed by atoms with Crippen molar-refractivity contribution in [1.82, 2.24) is 9.97 Å². The van der Waals surface area contributed by atoms with Gasteiger partial charge in [0, 0.05) is 42.8 Å². The summed E-state index contributed by atoms with van der Waals surface area (Å²) in [5.41, 5.74) is 3.52. The second kappa shape index (κ2) is 7.72. The van der Waals surface area contributed by atoms with Crippen molar-refractivity contribution in [3.8, 4) is 11.3 Å². The lowest BCUT2D eigenvalue weighted by Crippen LogP contribution is -2.21. The van der Waals surface area contributed by atoms with Crippen LogP contribution in [-0.2, 0) is 6.42 Å². The Labute approximate surface area is 163 Å². The van der Waals surface area contributed by atoms with Crippen LogP contribution in [0.1, 0.15) is 25.2 Å². The number of imidazole rings is 1. The van der Waals surface area contributed by atoms with Crippen LogP contribution in [-0.4, -0.2) is 23.1 Å². The zero-order valence-electron chi connectivity index (χ0n) is 16.1. The van der Waals surface area contributed by atoms with E-state index in [1.165, 1.54) is 0 Å². The van der Waals surface area contributed by atoms with E-state index in [-0.39, 0.29) is 5.63 Å². The molecule has 1 N–H and O–H groups in total. The maximum Gasteiger partial charge on any atom is 0.345 e. The van der Waals surface area contributed by atoms with Crippen molar-refractivity contribution >= 4 is 16.7 Å². The smallest absolute Gasteiger partial charge is 0.345 e. The van der Waals surface area contributed by atoms with Crippen LogP contribution < -0.4 is 10.5 Å². The third-order valence-electron chi connectivity index (χ3n) is 4.97. The predicted octanol–water partition coefficient (Wildman–Crippen LogP) is 4.62. The van der Waals surface area contributed by atoms with Crippen molar-refractivity contribution in [2.45, 2.75) is 20.3 Å². The molecule has 4 rings (SSSR count). The van der Waals surface area contributed by atoms with E-state index in [2.05, 4.69) is 46.9 Å². The molecule has 2 aromatic carbocycles. The Morgan fingerprint density at radius 2 is 1.82 bits per heavy atom. The Balaban J connectivity index is 1.67. The van der Waals surface area contributed by atoms with Crippen LogP contribution in [0, 0.1) is 0 Å². The van der Waals surface area contributed by atoms with E-state index in [1.54, 1.807) is 6.20 Å². The first-order valence-corrected chi connectivity index (χ1v) is 9.59. The monoisotopic (exact) mass is 373 g/mol. The number of anilines is 1. The van der Waals surface area contributed by atoms with Crippen molar-refractivity contribution in [3.63, 3.8) is 0 Å². The average Bonchev–Trinajstić information content (AvgIpc) is 3.17. The largest absolute Gasteiger partial charge is 0.422 e. The van der Waals surface area contributed by atoms with Crippen molar-refractivity contribution in [2.75, 3.05) is 18.0 Å². The summed E-state index contributed by atoms with van der Waals surface area (Å²) in [6, 6.07) is 17.9. The van der Waals surface area contributed by atoms with Crippen LogP contribution in [0.4, 0.5) is 5.69 Å². The highest BCUT2D eigenvalue weighted by Crippen LogP contribution is 2.24. The SMILES string of the molecule is CCN(CC)c1ccc2cc(-c3c[nH]c(Cc4ccccc4)n3)c(=O)oc2c1. The zero-order chi connectivity index (χ0) is 19.5. The van der Waals surface area contributed by atoms with Crippen LogP contribution in [0.25, 0.3) is 22.2 Å². The van der Waals surface area contributed by atoms with Gasteiger partial charge in [-0.25, -0.2) is 9.78 Å². The number of nitrogens with one attached hydrogen (secondary N) is 1. The molecule has 0 spiro atoms. The Hall–Kier alpha value is -3.34. The van der Waals surface area contributed by atoms with Crippen molar-refractivity contribution in [3.05, 3.63) is 82.6 Å².